The monoisotopic (exact) mass is 228 g/mol. The third-order valence-electron chi connectivity index (χ3n) is 3.60. The summed E-state index contributed by atoms with van der Waals surface area (Å²) < 4.78 is 5.64. The van der Waals surface area contributed by atoms with Crippen molar-refractivity contribution in [3.63, 3.8) is 0 Å². The van der Waals surface area contributed by atoms with Gasteiger partial charge in [-0.1, -0.05) is 25.7 Å². The molecule has 2 rings (SSSR count). The Morgan fingerprint density at radius 3 is 2.38 bits per heavy atom. The van der Waals surface area contributed by atoms with Crippen molar-refractivity contribution >= 4 is 0 Å². The minimum absolute atomic E-state index is 0.282. The first-order valence-corrected chi connectivity index (χ1v) is 6.77. The largest absolute Gasteiger partial charge is 0.348 e. The van der Waals surface area contributed by atoms with Crippen molar-refractivity contribution in [3.8, 4) is 0 Å². The Morgan fingerprint density at radius 2 is 1.75 bits per heavy atom. The molecule has 0 N–H and O–H groups in total. The second-order valence-electron chi connectivity index (χ2n) is 5.23. The van der Waals surface area contributed by atoms with E-state index in [1.54, 1.807) is 0 Å². The van der Waals surface area contributed by atoms with E-state index in [1.807, 2.05) is 6.92 Å². The van der Waals surface area contributed by atoms with Crippen LogP contribution < -0.4 is 0 Å². The Bertz CT molecular complexity index is 191. The predicted molar refractivity (Wildman–Crippen MR) is 61.9 cm³/mol. The number of hydrogen-bond donors (Lipinski definition) is 0. The third-order valence-corrected chi connectivity index (χ3v) is 3.60. The van der Waals surface area contributed by atoms with Gasteiger partial charge in [-0.05, 0) is 32.6 Å². The van der Waals surface area contributed by atoms with Crippen LogP contribution >= 0.6 is 0 Å². The molecule has 1 saturated carbocycles. The summed E-state index contributed by atoms with van der Waals surface area (Å²) in [5.41, 5.74) is 0. The average molecular weight is 228 g/mol. The summed E-state index contributed by atoms with van der Waals surface area (Å²) in [5, 5.41) is 0. The Balaban J connectivity index is 1.72. The van der Waals surface area contributed by atoms with Gasteiger partial charge >= 0.3 is 0 Å². The zero-order valence-electron chi connectivity index (χ0n) is 10.4. The highest BCUT2D eigenvalue weighted by Crippen LogP contribution is 2.28. The van der Waals surface area contributed by atoms with Gasteiger partial charge in [-0.15, -0.1) is 0 Å². The highest BCUT2D eigenvalue weighted by molar-refractivity contribution is 4.67. The van der Waals surface area contributed by atoms with Crippen molar-refractivity contribution in [2.75, 3.05) is 6.61 Å². The molecule has 1 unspecified atom stereocenters. The van der Waals surface area contributed by atoms with Gasteiger partial charge in [0, 0.05) is 6.42 Å². The molecule has 94 valence electrons. The molecule has 0 aromatic rings. The molecule has 1 aliphatic carbocycles. The van der Waals surface area contributed by atoms with Gasteiger partial charge in [-0.2, -0.15) is 0 Å². The van der Waals surface area contributed by atoms with E-state index in [4.69, 9.17) is 14.5 Å². The Kier molecular flexibility index (Phi) is 4.62. The van der Waals surface area contributed by atoms with Crippen LogP contribution in [0, 0.1) is 0 Å². The van der Waals surface area contributed by atoms with Crippen LogP contribution in [0.5, 0.6) is 0 Å². The molecular formula is C13H24O3. The Hall–Kier alpha value is -0.120. The van der Waals surface area contributed by atoms with E-state index < -0.39 is 5.79 Å². The molecular weight excluding hydrogens is 204 g/mol. The van der Waals surface area contributed by atoms with Crippen LogP contribution in [0.2, 0.25) is 0 Å². The van der Waals surface area contributed by atoms with Crippen molar-refractivity contribution < 1.29 is 14.5 Å². The number of rotatable bonds is 3. The maximum atomic E-state index is 5.64. The Morgan fingerprint density at radius 1 is 1.00 bits per heavy atom. The number of ether oxygens (including phenoxy) is 1. The lowest BCUT2D eigenvalue weighted by molar-refractivity contribution is -0.447. The second-order valence-corrected chi connectivity index (χ2v) is 5.23. The minimum Gasteiger partial charge on any atom is -0.348 e. The molecule has 1 atom stereocenters. The molecule has 1 aliphatic heterocycles. The highest BCUT2D eigenvalue weighted by atomic mass is 17.2. The Labute approximate surface area is 98.4 Å². The maximum absolute atomic E-state index is 5.64. The molecule has 1 heterocycles. The SMILES string of the molecule is CC1(OOC2CCCCCC2)CCCCO1. The van der Waals surface area contributed by atoms with Gasteiger partial charge in [-0.3, -0.25) is 0 Å². The van der Waals surface area contributed by atoms with Crippen LogP contribution in [0.4, 0.5) is 0 Å². The van der Waals surface area contributed by atoms with Crippen molar-refractivity contribution in [2.45, 2.75) is 76.6 Å². The summed E-state index contributed by atoms with van der Waals surface area (Å²) in [6.45, 7) is 2.79. The average Bonchev–Trinajstić information content (AvgIpc) is 2.56. The second kappa shape index (κ2) is 5.99. The lowest BCUT2D eigenvalue weighted by Crippen LogP contribution is -2.37. The fourth-order valence-corrected chi connectivity index (χ4v) is 2.48. The van der Waals surface area contributed by atoms with Gasteiger partial charge in [-0.25, -0.2) is 9.78 Å². The lowest BCUT2D eigenvalue weighted by atomic mass is 10.1. The third kappa shape index (κ3) is 3.72. The van der Waals surface area contributed by atoms with Crippen LogP contribution in [0.1, 0.15) is 64.7 Å². The van der Waals surface area contributed by atoms with Gasteiger partial charge in [0.25, 0.3) is 0 Å². The fourth-order valence-electron chi connectivity index (χ4n) is 2.48. The van der Waals surface area contributed by atoms with Crippen molar-refractivity contribution in [1.82, 2.24) is 0 Å². The van der Waals surface area contributed by atoms with Crippen LogP contribution in [-0.2, 0) is 14.5 Å². The zero-order chi connectivity index (χ0) is 11.3. The minimum atomic E-state index is -0.495. The van der Waals surface area contributed by atoms with Gasteiger partial charge in [0.2, 0.25) is 0 Å². The normalized spacial score (nSPS) is 33.6. The van der Waals surface area contributed by atoms with Gasteiger partial charge < -0.3 is 4.74 Å². The standard InChI is InChI=1S/C13H24O3/c1-13(10-6-7-11-14-13)16-15-12-8-4-2-3-5-9-12/h12H,2-11H2,1H3. The topological polar surface area (TPSA) is 27.7 Å². The van der Waals surface area contributed by atoms with Crippen molar-refractivity contribution in [3.05, 3.63) is 0 Å². The van der Waals surface area contributed by atoms with Crippen LogP contribution in [0.15, 0.2) is 0 Å². The van der Waals surface area contributed by atoms with Gasteiger partial charge in [0.15, 0.2) is 5.79 Å². The van der Waals surface area contributed by atoms with E-state index >= 15 is 0 Å². The molecule has 1 saturated heterocycles. The molecule has 0 aromatic carbocycles. The van der Waals surface area contributed by atoms with Gasteiger partial charge in [0.05, 0.1) is 12.7 Å². The van der Waals surface area contributed by atoms with E-state index in [0.717, 1.165) is 32.3 Å². The fraction of sp³-hybridized carbons (Fsp3) is 1.00. The smallest absolute Gasteiger partial charge is 0.198 e. The maximum Gasteiger partial charge on any atom is 0.198 e. The number of hydrogen-bond acceptors (Lipinski definition) is 3. The summed E-state index contributed by atoms with van der Waals surface area (Å²) in [6.07, 6.45) is 11.0. The predicted octanol–water partition coefficient (Wildman–Crippen LogP) is 3.57. The molecule has 0 aromatic heterocycles. The first kappa shape index (κ1) is 12.3. The lowest BCUT2D eigenvalue weighted by Gasteiger charge is -2.33. The molecule has 0 bridgehead atoms. The molecule has 0 spiro atoms. The van der Waals surface area contributed by atoms with Crippen molar-refractivity contribution in [2.24, 2.45) is 0 Å². The molecule has 3 nitrogen and oxygen atoms in total. The first-order chi connectivity index (χ1) is 7.79. The molecule has 16 heavy (non-hydrogen) atoms. The van der Waals surface area contributed by atoms with E-state index in [2.05, 4.69) is 0 Å². The van der Waals surface area contributed by atoms with Crippen molar-refractivity contribution in [1.29, 1.82) is 0 Å². The molecule has 0 radical (unpaired) electrons. The summed E-state index contributed by atoms with van der Waals surface area (Å²) in [7, 11) is 0. The van der Waals surface area contributed by atoms with E-state index in [1.165, 1.54) is 32.1 Å². The summed E-state index contributed by atoms with van der Waals surface area (Å²) in [6, 6.07) is 0. The van der Waals surface area contributed by atoms with Crippen LogP contribution in [0.25, 0.3) is 0 Å². The van der Waals surface area contributed by atoms with Gasteiger partial charge in [0.1, 0.15) is 0 Å². The molecule has 2 aliphatic rings. The van der Waals surface area contributed by atoms with E-state index in [9.17, 15) is 0 Å². The van der Waals surface area contributed by atoms with E-state index in [0.29, 0.717) is 0 Å². The van der Waals surface area contributed by atoms with Crippen LogP contribution in [-0.4, -0.2) is 18.5 Å². The first-order valence-electron chi connectivity index (χ1n) is 6.77. The molecule has 0 amide bonds. The highest BCUT2D eigenvalue weighted by Gasteiger charge is 2.31. The molecule has 3 heteroatoms. The van der Waals surface area contributed by atoms with E-state index in [-0.39, 0.29) is 6.10 Å². The van der Waals surface area contributed by atoms with Crippen LogP contribution in [0.3, 0.4) is 0 Å². The zero-order valence-corrected chi connectivity index (χ0v) is 10.4. The molecule has 2 fully saturated rings. The quantitative estimate of drug-likeness (QED) is 0.420. The summed E-state index contributed by atoms with van der Waals surface area (Å²) >= 11 is 0. The summed E-state index contributed by atoms with van der Waals surface area (Å²) in [4.78, 5) is 11.1. The summed E-state index contributed by atoms with van der Waals surface area (Å²) in [5.74, 6) is -0.495.